The Hall–Kier alpha value is -2.02. The summed E-state index contributed by atoms with van der Waals surface area (Å²) >= 11 is 4.96. The quantitative estimate of drug-likeness (QED) is 0.596. The molecule has 0 unspecified atom stereocenters. The largest absolute Gasteiger partial charge is 0.493 e. The van der Waals surface area contributed by atoms with Crippen molar-refractivity contribution in [2.75, 3.05) is 6.54 Å². The van der Waals surface area contributed by atoms with Crippen LogP contribution >= 0.6 is 12.2 Å². The van der Waals surface area contributed by atoms with E-state index >= 15 is 0 Å². The lowest BCUT2D eigenvalue weighted by Gasteiger charge is -1.98. The molecule has 2 aromatic rings. The SMILES string of the molecule is CCCNC(=S)N=Nc1c(O)[nH]c2cc(F)ccc12. The van der Waals surface area contributed by atoms with Crippen LogP contribution in [0.1, 0.15) is 13.3 Å². The van der Waals surface area contributed by atoms with E-state index in [-0.39, 0.29) is 16.7 Å². The minimum absolute atomic E-state index is 0.164. The van der Waals surface area contributed by atoms with E-state index < -0.39 is 5.82 Å². The molecule has 1 aromatic carbocycles. The fourth-order valence-electron chi connectivity index (χ4n) is 1.60. The maximum absolute atomic E-state index is 13.0. The summed E-state index contributed by atoms with van der Waals surface area (Å²) in [6, 6.07) is 4.10. The Morgan fingerprint density at radius 1 is 1.53 bits per heavy atom. The molecule has 0 fully saturated rings. The first kappa shape index (κ1) is 13.4. The van der Waals surface area contributed by atoms with Crippen LogP contribution in [-0.2, 0) is 0 Å². The molecule has 100 valence electrons. The van der Waals surface area contributed by atoms with Crippen LogP contribution in [0.25, 0.3) is 10.9 Å². The Bertz CT molecular complexity index is 638. The number of hydrogen-bond acceptors (Lipinski definition) is 3. The molecule has 5 nitrogen and oxygen atoms in total. The second kappa shape index (κ2) is 5.75. The maximum atomic E-state index is 13.0. The van der Waals surface area contributed by atoms with E-state index in [4.69, 9.17) is 12.2 Å². The second-order valence-corrected chi connectivity index (χ2v) is 4.33. The van der Waals surface area contributed by atoms with Gasteiger partial charge in [0.15, 0.2) is 5.69 Å². The number of azo groups is 1. The highest BCUT2D eigenvalue weighted by molar-refractivity contribution is 7.80. The Morgan fingerprint density at radius 2 is 2.32 bits per heavy atom. The molecule has 19 heavy (non-hydrogen) atoms. The third kappa shape index (κ3) is 3.05. The number of aromatic amines is 1. The van der Waals surface area contributed by atoms with Crippen molar-refractivity contribution in [2.24, 2.45) is 10.2 Å². The zero-order chi connectivity index (χ0) is 13.8. The third-order valence-electron chi connectivity index (χ3n) is 2.48. The molecule has 0 saturated carbocycles. The van der Waals surface area contributed by atoms with Crippen molar-refractivity contribution in [3.05, 3.63) is 24.0 Å². The highest BCUT2D eigenvalue weighted by Gasteiger charge is 2.10. The van der Waals surface area contributed by atoms with Crippen LogP contribution in [0.4, 0.5) is 10.1 Å². The molecule has 0 saturated heterocycles. The molecule has 0 bridgehead atoms. The van der Waals surface area contributed by atoms with Crippen molar-refractivity contribution in [3.63, 3.8) is 0 Å². The monoisotopic (exact) mass is 280 g/mol. The molecule has 3 N–H and O–H groups in total. The van der Waals surface area contributed by atoms with Crippen molar-refractivity contribution in [1.82, 2.24) is 10.3 Å². The molecule has 7 heteroatoms. The van der Waals surface area contributed by atoms with Crippen LogP contribution in [0.3, 0.4) is 0 Å². The molecule has 1 aromatic heterocycles. The molecule has 0 atom stereocenters. The summed E-state index contributed by atoms with van der Waals surface area (Å²) < 4.78 is 13.0. The number of aromatic nitrogens is 1. The van der Waals surface area contributed by atoms with E-state index in [1.165, 1.54) is 18.2 Å². The maximum Gasteiger partial charge on any atom is 0.218 e. The average Bonchev–Trinajstić information content (AvgIpc) is 2.68. The van der Waals surface area contributed by atoms with Crippen molar-refractivity contribution in [3.8, 4) is 5.88 Å². The topological polar surface area (TPSA) is 72.8 Å². The standard InChI is InChI=1S/C12H13FN4OS/c1-2-5-14-12(19)17-16-10-8-4-3-7(13)6-9(8)15-11(10)18/h3-4,6,15,18H,2,5H2,1H3,(H,14,19). The van der Waals surface area contributed by atoms with E-state index in [1.54, 1.807) is 0 Å². The number of benzene rings is 1. The first-order chi connectivity index (χ1) is 9.11. The molecular formula is C12H13FN4OS. The zero-order valence-electron chi connectivity index (χ0n) is 10.3. The number of fused-ring (bicyclic) bond motifs is 1. The fraction of sp³-hybridized carbons (Fsp3) is 0.250. The van der Waals surface area contributed by atoms with E-state index in [9.17, 15) is 9.50 Å². The van der Waals surface area contributed by atoms with Gasteiger partial charge >= 0.3 is 0 Å². The summed E-state index contributed by atoms with van der Waals surface area (Å²) in [6.07, 6.45) is 0.924. The number of halogens is 1. The second-order valence-electron chi connectivity index (χ2n) is 3.94. The van der Waals surface area contributed by atoms with Crippen molar-refractivity contribution in [1.29, 1.82) is 0 Å². The van der Waals surface area contributed by atoms with E-state index in [0.717, 1.165) is 6.42 Å². The van der Waals surface area contributed by atoms with Crippen LogP contribution in [0.15, 0.2) is 28.4 Å². The predicted octanol–water partition coefficient (Wildman–Crippen LogP) is 3.38. The van der Waals surface area contributed by atoms with Crippen molar-refractivity contribution >= 4 is 33.9 Å². The van der Waals surface area contributed by atoms with Gasteiger partial charge in [0.1, 0.15) is 5.82 Å². The van der Waals surface area contributed by atoms with Gasteiger partial charge in [0.2, 0.25) is 11.0 Å². The molecule has 0 aliphatic rings. The van der Waals surface area contributed by atoms with Gasteiger partial charge in [0.05, 0.1) is 5.52 Å². The Labute approximate surface area is 114 Å². The smallest absolute Gasteiger partial charge is 0.218 e. The van der Waals surface area contributed by atoms with Gasteiger partial charge in [0.25, 0.3) is 0 Å². The summed E-state index contributed by atoms with van der Waals surface area (Å²) in [6.45, 7) is 2.72. The van der Waals surface area contributed by atoms with Gasteiger partial charge in [-0.2, -0.15) is 0 Å². The highest BCUT2D eigenvalue weighted by atomic mass is 32.1. The number of aromatic hydroxyl groups is 1. The first-order valence-corrected chi connectivity index (χ1v) is 6.22. The van der Waals surface area contributed by atoms with E-state index in [2.05, 4.69) is 20.5 Å². The zero-order valence-corrected chi connectivity index (χ0v) is 11.1. The first-order valence-electron chi connectivity index (χ1n) is 5.81. The summed E-state index contributed by atoms with van der Waals surface area (Å²) in [5.74, 6) is -0.556. The lowest BCUT2D eigenvalue weighted by molar-refractivity contribution is 0.459. The van der Waals surface area contributed by atoms with Gasteiger partial charge in [-0.15, -0.1) is 10.2 Å². The van der Waals surface area contributed by atoms with Crippen molar-refractivity contribution < 1.29 is 9.50 Å². The summed E-state index contributed by atoms with van der Waals surface area (Å²) in [5, 5.41) is 21.1. The number of rotatable bonds is 3. The molecule has 0 aliphatic heterocycles. The number of thiocarbonyl (C=S) groups is 1. The molecule has 0 radical (unpaired) electrons. The van der Waals surface area contributed by atoms with Gasteiger partial charge in [-0.05, 0) is 36.8 Å². The summed E-state index contributed by atoms with van der Waals surface area (Å²) in [4.78, 5) is 2.63. The van der Waals surface area contributed by atoms with Gasteiger partial charge in [-0.3, -0.25) is 0 Å². The Kier molecular flexibility index (Phi) is 4.06. The number of hydrogen-bond donors (Lipinski definition) is 3. The predicted molar refractivity (Wildman–Crippen MR) is 75.3 cm³/mol. The molecule has 0 amide bonds. The van der Waals surface area contributed by atoms with Crippen LogP contribution in [0, 0.1) is 5.82 Å². The van der Waals surface area contributed by atoms with Crippen LogP contribution in [0.2, 0.25) is 0 Å². The van der Waals surface area contributed by atoms with Crippen LogP contribution in [-0.4, -0.2) is 21.7 Å². The number of H-pyrrole nitrogens is 1. The third-order valence-corrected chi connectivity index (χ3v) is 2.71. The van der Waals surface area contributed by atoms with Crippen LogP contribution in [0.5, 0.6) is 5.88 Å². The lowest BCUT2D eigenvalue weighted by atomic mass is 10.2. The Morgan fingerprint density at radius 3 is 3.05 bits per heavy atom. The van der Waals surface area contributed by atoms with E-state index in [0.29, 0.717) is 17.4 Å². The van der Waals surface area contributed by atoms with Gasteiger partial charge in [-0.1, -0.05) is 6.92 Å². The molecule has 1 heterocycles. The van der Waals surface area contributed by atoms with E-state index in [1.807, 2.05) is 6.92 Å². The van der Waals surface area contributed by atoms with Gasteiger partial charge in [0, 0.05) is 11.9 Å². The summed E-state index contributed by atoms with van der Waals surface area (Å²) in [5.41, 5.74) is 0.703. The average molecular weight is 280 g/mol. The number of nitrogens with one attached hydrogen (secondary N) is 2. The minimum Gasteiger partial charge on any atom is -0.493 e. The van der Waals surface area contributed by atoms with Crippen LogP contribution < -0.4 is 5.32 Å². The minimum atomic E-state index is -0.391. The van der Waals surface area contributed by atoms with Gasteiger partial charge in [-0.25, -0.2) is 4.39 Å². The Balaban J connectivity index is 2.27. The lowest BCUT2D eigenvalue weighted by Crippen LogP contribution is -2.19. The molecule has 2 rings (SSSR count). The molecular weight excluding hydrogens is 267 g/mol. The molecule has 0 spiro atoms. The van der Waals surface area contributed by atoms with Gasteiger partial charge < -0.3 is 15.4 Å². The van der Waals surface area contributed by atoms with Crippen molar-refractivity contribution in [2.45, 2.75) is 13.3 Å². The summed E-state index contributed by atoms with van der Waals surface area (Å²) in [7, 11) is 0. The fourth-order valence-corrected chi connectivity index (χ4v) is 1.75. The normalized spacial score (nSPS) is 11.3. The molecule has 0 aliphatic carbocycles. The highest BCUT2D eigenvalue weighted by Crippen LogP contribution is 2.35. The number of nitrogens with zero attached hydrogens (tertiary/aromatic N) is 2.